The highest BCUT2D eigenvalue weighted by atomic mass is 35.5. The molecule has 1 aliphatic rings. The molecular formula is C23H25ClN2O5. The first-order valence-electron chi connectivity index (χ1n) is 10.1. The Morgan fingerprint density at radius 1 is 1.23 bits per heavy atom. The zero-order valence-electron chi connectivity index (χ0n) is 17.5. The molecule has 1 aliphatic heterocycles. The molecule has 1 unspecified atom stereocenters. The smallest absolute Gasteiger partial charge is 0.348 e. The molecule has 0 aromatic heterocycles. The number of para-hydroxylation sites is 1. The first-order chi connectivity index (χ1) is 14.9. The molecule has 2 aromatic rings. The number of ether oxygens (including phenoxy) is 2. The third-order valence-corrected chi connectivity index (χ3v) is 5.13. The van der Waals surface area contributed by atoms with Crippen molar-refractivity contribution in [3.63, 3.8) is 0 Å². The third kappa shape index (κ3) is 5.98. The lowest BCUT2D eigenvalue weighted by Crippen LogP contribution is -2.41. The van der Waals surface area contributed by atoms with Crippen LogP contribution in [-0.2, 0) is 25.5 Å². The van der Waals surface area contributed by atoms with Gasteiger partial charge in [0.1, 0.15) is 5.75 Å². The molecule has 8 heteroatoms. The summed E-state index contributed by atoms with van der Waals surface area (Å²) in [6.45, 7) is 3.60. The average molecular weight is 445 g/mol. The fraction of sp³-hybridized carbons (Fsp3) is 0.348. The molecule has 0 fully saturated rings. The molecular weight excluding hydrogens is 420 g/mol. The highest BCUT2D eigenvalue weighted by Gasteiger charge is 2.31. The fourth-order valence-corrected chi connectivity index (χ4v) is 3.50. The predicted octanol–water partition coefficient (Wildman–Crippen LogP) is 3.37. The summed E-state index contributed by atoms with van der Waals surface area (Å²) >= 11 is 5.96. The predicted molar refractivity (Wildman–Crippen MR) is 117 cm³/mol. The zero-order valence-corrected chi connectivity index (χ0v) is 18.3. The molecule has 1 heterocycles. The van der Waals surface area contributed by atoms with Crippen molar-refractivity contribution in [3.8, 4) is 5.75 Å². The standard InChI is InChI=1S/C23H25ClN2O5/c1-3-10-26(13-21(27)25-18-7-5-4-6-15(18)2)22(28)14-30-23(29)20-12-16-11-17(24)8-9-19(16)31-20/h4-9,11,20H,3,10,12-14H2,1-2H3,(H,25,27). The summed E-state index contributed by atoms with van der Waals surface area (Å²) in [5.74, 6) is -0.790. The van der Waals surface area contributed by atoms with Gasteiger partial charge >= 0.3 is 5.97 Å². The van der Waals surface area contributed by atoms with E-state index >= 15 is 0 Å². The Kier molecular flexibility index (Phi) is 7.52. The van der Waals surface area contributed by atoms with Gasteiger partial charge in [0.2, 0.25) is 5.91 Å². The minimum atomic E-state index is -0.815. The molecule has 0 bridgehead atoms. The number of carbonyl (C=O) groups excluding carboxylic acids is 3. The van der Waals surface area contributed by atoms with E-state index in [2.05, 4.69) is 5.32 Å². The maximum Gasteiger partial charge on any atom is 0.348 e. The molecule has 31 heavy (non-hydrogen) atoms. The van der Waals surface area contributed by atoms with E-state index in [1.165, 1.54) is 4.90 Å². The van der Waals surface area contributed by atoms with Gasteiger partial charge in [0.15, 0.2) is 12.7 Å². The number of benzene rings is 2. The van der Waals surface area contributed by atoms with Crippen molar-refractivity contribution in [2.75, 3.05) is 25.0 Å². The van der Waals surface area contributed by atoms with E-state index in [0.29, 0.717) is 35.8 Å². The molecule has 0 saturated carbocycles. The SMILES string of the molecule is CCCN(CC(=O)Nc1ccccc1C)C(=O)COC(=O)C1Cc2cc(Cl)ccc2O1. The maximum absolute atomic E-state index is 12.6. The van der Waals surface area contributed by atoms with E-state index in [1.807, 2.05) is 32.0 Å². The average Bonchev–Trinajstić information content (AvgIpc) is 3.16. The van der Waals surface area contributed by atoms with Gasteiger partial charge < -0.3 is 19.7 Å². The van der Waals surface area contributed by atoms with Gasteiger partial charge in [-0.05, 0) is 48.7 Å². The van der Waals surface area contributed by atoms with E-state index in [1.54, 1.807) is 24.3 Å². The number of rotatable bonds is 8. The highest BCUT2D eigenvalue weighted by Crippen LogP contribution is 2.31. The van der Waals surface area contributed by atoms with Gasteiger partial charge in [-0.2, -0.15) is 0 Å². The van der Waals surface area contributed by atoms with Crippen molar-refractivity contribution in [1.82, 2.24) is 4.90 Å². The summed E-state index contributed by atoms with van der Waals surface area (Å²) in [7, 11) is 0. The van der Waals surface area contributed by atoms with Crippen molar-refractivity contribution in [2.24, 2.45) is 0 Å². The van der Waals surface area contributed by atoms with Crippen LogP contribution in [0.1, 0.15) is 24.5 Å². The summed E-state index contributed by atoms with van der Waals surface area (Å²) in [4.78, 5) is 38.7. The number of amides is 2. The molecule has 0 radical (unpaired) electrons. The topological polar surface area (TPSA) is 84.9 Å². The lowest BCUT2D eigenvalue weighted by Gasteiger charge is -2.22. The van der Waals surface area contributed by atoms with Gasteiger partial charge in [-0.1, -0.05) is 36.7 Å². The number of nitrogens with zero attached hydrogens (tertiary/aromatic N) is 1. The largest absolute Gasteiger partial charge is 0.478 e. The quantitative estimate of drug-likeness (QED) is 0.631. The molecule has 0 spiro atoms. The molecule has 1 N–H and O–H groups in total. The van der Waals surface area contributed by atoms with Gasteiger partial charge in [-0.15, -0.1) is 0 Å². The lowest BCUT2D eigenvalue weighted by atomic mass is 10.1. The second-order valence-corrected chi connectivity index (χ2v) is 7.79. The molecule has 0 aliphatic carbocycles. The van der Waals surface area contributed by atoms with E-state index < -0.39 is 24.6 Å². The van der Waals surface area contributed by atoms with Gasteiger partial charge in [-0.3, -0.25) is 9.59 Å². The Morgan fingerprint density at radius 3 is 2.74 bits per heavy atom. The number of halogens is 1. The van der Waals surface area contributed by atoms with E-state index in [9.17, 15) is 14.4 Å². The van der Waals surface area contributed by atoms with Crippen molar-refractivity contribution in [1.29, 1.82) is 0 Å². The van der Waals surface area contributed by atoms with Crippen LogP contribution in [0.5, 0.6) is 5.75 Å². The molecule has 2 amide bonds. The van der Waals surface area contributed by atoms with Crippen LogP contribution in [0.2, 0.25) is 5.02 Å². The van der Waals surface area contributed by atoms with Crippen molar-refractivity contribution in [2.45, 2.75) is 32.8 Å². The maximum atomic E-state index is 12.6. The number of hydrogen-bond acceptors (Lipinski definition) is 5. The first kappa shape index (κ1) is 22.6. The van der Waals surface area contributed by atoms with Crippen molar-refractivity contribution < 1.29 is 23.9 Å². The summed E-state index contributed by atoms with van der Waals surface area (Å²) in [5.41, 5.74) is 2.44. The van der Waals surface area contributed by atoms with Crippen LogP contribution in [0.3, 0.4) is 0 Å². The van der Waals surface area contributed by atoms with Crippen LogP contribution in [0.15, 0.2) is 42.5 Å². The Bertz CT molecular complexity index is 978. The number of carbonyl (C=O) groups is 3. The number of hydrogen-bond donors (Lipinski definition) is 1. The summed E-state index contributed by atoms with van der Waals surface area (Å²) in [6.07, 6.45) is 0.185. The summed E-state index contributed by atoms with van der Waals surface area (Å²) < 4.78 is 10.8. The van der Waals surface area contributed by atoms with Crippen LogP contribution >= 0.6 is 11.6 Å². The highest BCUT2D eigenvalue weighted by molar-refractivity contribution is 6.30. The molecule has 164 valence electrons. The molecule has 0 saturated heterocycles. The normalized spacial score (nSPS) is 14.4. The monoisotopic (exact) mass is 444 g/mol. The summed E-state index contributed by atoms with van der Waals surface area (Å²) in [6, 6.07) is 12.5. The number of fused-ring (bicyclic) bond motifs is 1. The van der Waals surface area contributed by atoms with Crippen LogP contribution < -0.4 is 10.1 Å². The Labute approximate surface area is 186 Å². The second kappa shape index (κ2) is 10.3. The molecule has 1 atom stereocenters. The van der Waals surface area contributed by atoms with Crippen LogP contribution in [-0.4, -0.2) is 48.5 Å². The molecule has 3 rings (SSSR count). The van der Waals surface area contributed by atoms with Gasteiger partial charge in [-0.25, -0.2) is 4.79 Å². The Hall–Kier alpha value is -3.06. The Balaban J connectivity index is 1.51. The molecule has 7 nitrogen and oxygen atoms in total. The van der Waals surface area contributed by atoms with Crippen molar-refractivity contribution in [3.05, 3.63) is 58.6 Å². The lowest BCUT2D eigenvalue weighted by molar-refractivity contribution is -0.157. The first-order valence-corrected chi connectivity index (χ1v) is 10.5. The van der Waals surface area contributed by atoms with Gasteiger partial charge in [0.25, 0.3) is 5.91 Å². The minimum absolute atomic E-state index is 0.123. The van der Waals surface area contributed by atoms with E-state index in [0.717, 1.165) is 11.1 Å². The number of anilines is 1. The van der Waals surface area contributed by atoms with Crippen LogP contribution in [0.25, 0.3) is 0 Å². The third-order valence-electron chi connectivity index (χ3n) is 4.90. The van der Waals surface area contributed by atoms with Crippen LogP contribution in [0, 0.1) is 6.92 Å². The Morgan fingerprint density at radius 2 is 2.00 bits per heavy atom. The summed E-state index contributed by atoms with van der Waals surface area (Å²) in [5, 5.41) is 3.37. The minimum Gasteiger partial charge on any atom is -0.478 e. The zero-order chi connectivity index (χ0) is 22.4. The van der Waals surface area contributed by atoms with E-state index in [-0.39, 0.29) is 12.5 Å². The van der Waals surface area contributed by atoms with Gasteiger partial charge in [0, 0.05) is 23.7 Å². The number of nitrogens with one attached hydrogen (secondary N) is 1. The second-order valence-electron chi connectivity index (χ2n) is 7.35. The number of esters is 1. The van der Waals surface area contributed by atoms with Crippen LogP contribution in [0.4, 0.5) is 5.69 Å². The fourth-order valence-electron chi connectivity index (χ4n) is 3.30. The van der Waals surface area contributed by atoms with Gasteiger partial charge in [0.05, 0.1) is 6.54 Å². The molecule has 2 aromatic carbocycles. The number of aryl methyl sites for hydroxylation is 1. The van der Waals surface area contributed by atoms with Crippen molar-refractivity contribution >= 4 is 35.1 Å². The van der Waals surface area contributed by atoms with E-state index in [4.69, 9.17) is 21.1 Å².